The van der Waals surface area contributed by atoms with Crippen molar-refractivity contribution < 1.29 is 85.9 Å². The molecule has 2 aromatic rings. The molecule has 2 aliphatic heterocycles. The van der Waals surface area contributed by atoms with Gasteiger partial charge < -0.3 is 40.2 Å². The number of phenolic OH excluding ortho intramolecular Hbond substituents is 1. The number of nitrogens with one attached hydrogen (secondary N) is 2. The fourth-order valence-electron chi connectivity index (χ4n) is 4.52. The average molecular weight is 569 g/mol. The molecule has 2 fully saturated rings. The Morgan fingerprint density at radius 2 is 1.79 bits per heavy atom. The van der Waals surface area contributed by atoms with E-state index in [1.807, 2.05) is 0 Å². The summed E-state index contributed by atoms with van der Waals surface area (Å²) >= 11 is 1.22. The molecule has 1 aromatic heterocycles. The number of pyridine rings is 1. The van der Waals surface area contributed by atoms with Gasteiger partial charge in [0.25, 0.3) is 11.5 Å². The standard InChI is InChI=1S/C24H26N4O8S.K/c1-4-27-10-13(14(30)9-15(27)31)19(32)25-16(11-5-7-12(29)8-6-11)20(33)26-17-21(34)28-18(23(35)36)24(2,3)37-22(17)28;/h5-10,16-18,22,29-30H,4H2,1-3H3,(H,25,32)(H,26,33)(H,35,36);/q;+1/p-1/t16?,17-,18+,22-;/m1./s1. The monoisotopic (exact) mass is 568 g/mol. The van der Waals surface area contributed by atoms with Crippen molar-refractivity contribution in [3.05, 3.63) is 58.0 Å². The van der Waals surface area contributed by atoms with E-state index in [4.69, 9.17) is 0 Å². The van der Waals surface area contributed by atoms with Gasteiger partial charge in [0.1, 0.15) is 29.0 Å². The first-order chi connectivity index (χ1) is 17.4. The van der Waals surface area contributed by atoms with E-state index in [0.29, 0.717) is 0 Å². The van der Waals surface area contributed by atoms with Crippen LogP contribution < -0.4 is 72.7 Å². The van der Waals surface area contributed by atoms with Crippen molar-refractivity contribution in [3.8, 4) is 11.5 Å². The van der Waals surface area contributed by atoms with Gasteiger partial charge in [0.2, 0.25) is 11.8 Å². The third kappa shape index (κ3) is 5.51. The summed E-state index contributed by atoms with van der Waals surface area (Å²) in [6, 6.07) is 2.78. The molecule has 0 spiro atoms. The average Bonchev–Trinajstić information content (AvgIpc) is 3.09. The molecule has 14 heteroatoms. The number of hydrogen-bond acceptors (Lipinski definition) is 9. The number of carboxylic acids is 1. The van der Waals surface area contributed by atoms with Gasteiger partial charge in [-0.3, -0.25) is 19.2 Å². The predicted molar refractivity (Wildman–Crippen MR) is 129 cm³/mol. The van der Waals surface area contributed by atoms with Gasteiger partial charge in [-0.05, 0) is 38.5 Å². The van der Waals surface area contributed by atoms with Crippen LogP contribution in [0, 0.1) is 0 Å². The number of thioether (sulfide) groups is 1. The van der Waals surface area contributed by atoms with Crippen LogP contribution in [0.1, 0.15) is 42.7 Å². The third-order valence-corrected chi connectivity index (χ3v) is 7.99. The summed E-state index contributed by atoms with van der Waals surface area (Å²) in [7, 11) is 0. The van der Waals surface area contributed by atoms with Crippen molar-refractivity contribution in [2.75, 3.05) is 0 Å². The fraction of sp³-hybridized carbons (Fsp3) is 0.375. The first kappa shape index (κ1) is 30.2. The maximum atomic E-state index is 13.4. The minimum atomic E-state index is -1.39. The quantitative estimate of drug-likeness (QED) is 0.191. The van der Waals surface area contributed by atoms with Crippen LogP contribution >= 0.6 is 11.8 Å². The zero-order valence-electron chi connectivity index (χ0n) is 21.1. The molecule has 0 bridgehead atoms. The Labute approximate surface area is 264 Å². The number of carbonyl (C=O) groups excluding carboxylic acids is 4. The Hall–Kier alpha value is -2.36. The second kappa shape index (κ2) is 11.4. The summed E-state index contributed by atoms with van der Waals surface area (Å²) < 4.78 is 0.363. The van der Waals surface area contributed by atoms with Crippen LogP contribution in [0.4, 0.5) is 0 Å². The fourth-order valence-corrected chi connectivity index (χ4v) is 6.15. The Morgan fingerprint density at radius 1 is 1.16 bits per heavy atom. The molecule has 3 amide bonds. The van der Waals surface area contributed by atoms with Gasteiger partial charge >= 0.3 is 51.4 Å². The molecule has 0 radical (unpaired) electrons. The Kier molecular flexibility index (Phi) is 9.05. The first-order valence-corrected chi connectivity index (χ1v) is 12.3. The smallest absolute Gasteiger partial charge is 0.548 e. The molecular weight excluding hydrogens is 543 g/mol. The van der Waals surface area contributed by atoms with Crippen LogP contribution in [0.2, 0.25) is 0 Å². The number of β-lactam (4-membered cyclic amide) rings is 1. The zero-order chi connectivity index (χ0) is 27.2. The SMILES string of the molecule is CCn1cc(C(=O)NC(C(=O)N[C@@H]2C(=O)N3[C@@H]2SC(C)(C)[C@@H]3C(=O)[O-])c2ccc(O)cc2)c(O)cc1=O.[K+]. The maximum absolute atomic E-state index is 13.4. The number of carbonyl (C=O) groups is 4. The van der Waals surface area contributed by atoms with E-state index in [9.17, 15) is 39.3 Å². The number of aryl methyl sites for hydroxylation is 1. The number of rotatable bonds is 7. The van der Waals surface area contributed by atoms with Crippen molar-refractivity contribution in [3.63, 3.8) is 0 Å². The number of aliphatic carboxylic acids is 1. The van der Waals surface area contributed by atoms with Crippen LogP contribution in [-0.4, -0.2) is 65.6 Å². The largest absolute Gasteiger partial charge is 1.00 e. The van der Waals surface area contributed by atoms with E-state index in [2.05, 4.69) is 10.6 Å². The number of aromatic nitrogens is 1. The van der Waals surface area contributed by atoms with E-state index >= 15 is 0 Å². The molecule has 4 atom stereocenters. The van der Waals surface area contributed by atoms with Crippen LogP contribution in [0.3, 0.4) is 0 Å². The minimum absolute atomic E-state index is 0. The topological polar surface area (TPSA) is 181 Å². The summed E-state index contributed by atoms with van der Waals surface area (Å²) in [6.45, 7) is 5.26. The number of benzene rings is 1. The molecule has 4 rings (SSSR count). The first-order valence-electron chi connectivity index (χ1n) is 11.4. The second-order valence-electron chi connectivity index (χ2n) is 9.26. The van der Waals surface area contributed by atoms with Crippen LogP contribution in [0.15, 0.2) is 41.3 Å². The van der Waals surface area contributed by atoms with Crippen molar-refractivity contribution in [2.45, 2.75) is 55.6 Å². The predicted octanol–water partition coefficient (Wildman–Crippen LogP) is -3.95. The summed E-state index contributed by atoms with van der Waals surface area (Å²) in [6.07, 6.45) is 1.17. The molecule has 2 saturated heterocycles. The second-order valence-corrected chi connectivity index (χ2v) is 11.0. The number of phenols is 1. The molecule has 12 nitrogen and oxygen atoms in total. The molecule has 196 valence electrons. The van der Waals surface area contributed by atoms with Gasteiger partial charge in [-0.2, -0.15) is 0 Å². The number of nitrogens with zero attached hydrogens (tertiary/aromatic N) is 2. The van der Waals surface area contributed by atoms with Crippen molar-refractivity contribution in [1.82, 2.24) is 20.1 Å². The minimum Gasteiger partial charge on any atom is -0.548 e. The molecule has 0 saturated carbocycles. The van der Waals surface area contributed by atoms with Gasteiger partial charge in [-0.1, -0.05) is 12.1 Å². The van der Waals surface area contributed by atoms with Gasteiger partial charge in [0, 0.05) is 23.6 Å². The number of amides is 3. The van der Waals surface area contributed by atoms with Gasteiger partial charge in [0.15, 0.2) is 0 Å². The van der Waals surface area contributed by atoms with Crippen molar-refractivity contribution in [2.24, 2.45) is 0 Å². The molecule has 0 aliphatic carbocycles. The molecule has 1 aromatic carbocycles. The number of aromatic hydroxyl groups is 2. The molecule has 2 aliphatic rings. The van der Waals surface area contributed by atoms with Gasteiger partial charge in [0.05, 0.1) is 17.6 Å². The Balaban J connectivity index is 0.00000400. The van der Waals surface area contributed by atoms with E-state index < -0.39 is 63.2 Å². The Morgan fingerprint density at radius 3 is 2.37 bits per heavy atom. The summed E-state index contributed by atoms with van der Waals surface area (Å²) in [5, 5.41) is 35.9. The van der Waals surface area contributed by atoms with Crippen LogP contribution in [-0.2, 0) is 20.9 Å². The molecule has 38 heavy (non-hydrogen) atoms. The molecule has 4 N–H and O–H groups in total. The van der Waals surface area contributed by atoms with E-state index in [1.165, 1.54) is 51.7 Å². The molecular formula is C24H25KN4O8S. The van der Waals surface area contributed by atoms with E-state index in [0.717, 1.165) is 6.07 Å². The van der Waals surface area contributed by atoms with Crippen LogP contribution in [0.5, 0.6) is 11.5 Å². The summed E-state index contributed by atoms with van der Waals surface area (Å²) in [5.74, 6) is -4.25. The van der Waals surface area contributed by atoms with Crippen LogP contribution in [0.25, 0.3) is 0 Å². The van der Waals surface area contributed by atoms with Crippen molar-refractivity contribution >= 4 is 35.5 Å². The van der Waals surface area contributed by atoms with Crippen molar-refractivity contribution in [1.29, 1.82) is 0 Å². The maximum Gasteiger partial charge on any atom is 1.00 e. The molecule has 1 unspecified atom stereocenters. The van der Waals surface area contributed by atoms with Gasteiger partial charge in [-0.15, -0.1) is 11.8 Å². The van der Waals surface area contributed by atoms with Gasteiger partial charge in [-0.25, -0.2) is 0 Å². The summed E-state index contributed by atoms with van der Waals surface area (Å²) in [5.41, 5.74) is -0.485. The Bertz CT molecular complexity index is 1350. The zero-order valence-corrected chi connectivity index (χ0v) is 25.1. The summed E-state index contributed by atoms with van der Waals surface area (Å²) in [4.78, 5) is 63.9. The third-order valence-electron chi connectivity index (χ3n) is 6.42. The number of hydrogen-bond donors (Lipinski definition) is 4. The normalized spacial score (nSPS) is 21.9. The number of fused-ring (bicyclic) bond motifs is 1. The van der Waals surface area contributed by atoms with E-state index in [1.54, 1.807) is 20.8 Å². The number of carboxylic acid groups (broad SMARTS) is 1. The van der Waals surface area contributed by atoms with E-state index in [-0.39, 0.29) is 74.8 Å². The molecule has 3 heterocycles.